The zero-order valence-corrected chi connectivity index (χ0v) is 21.1. The third-order valence-electron chi connectivity index (χ3n) is 6.27. The van der Waals surface area contributed by atoms with E-state index in [1.165, 1.54) is 17.5 Å². The molecule has 0 spiro atoms. The van der Waals surface area contributed by atoms with Crippen molar-refractivity contribution in [2.24, 2.45) is 10.9 Å². The Labute approximate surface area is 199 Å². The highest BCUT2D eigenvalue weighted by Crippen LogP contribution is 2.28. The molecular weight excluding hydrogens is 489 g/mol. The van der Waals surface area contributed by atoms with E-state index in [0.717, 1.165) is 71.0 Å². The average molecular weight is 527 g/mol. The van der Waals surface area contributed by atoms with Crippen LogP contribution in [0.15, 0.2) is 29.3 Å². The normalized spacial score (nSPS) is 17.8. The summed E-state index contributed by atoms with van der Waals surface area (Å²) in [5.74, 6) is 1.63. The minimum Gasteiger partial charge on any atom is -0.355 e. The van der Waals surface area contributed by atoms with Gasteiger partial charge in [0, 0.05) is 65.8 Å². The van der Waals surface area contributed by atoms with E-state index in [-0.39, 0.29) is 24.0 Å². The number of aliphatic imine (C=N–C) groups is 1. The standard InChI is InChI=1S/C23H37N5O.HI/c1-4-19-8-10-20(11-9-19)18-26(3)23(24-2)25-12-13-27-14-16-28(17-15-27)22(29)21-6-5-7-21;/h8-11,21H,4-7,12-18H2,1-3H3,(H,24,25);1H. The van der Waals surface area contributed by atoms with Crippen LogP contribution in [0.1, 0.15) is 37.3 Å². The Morgan fingerprint density at radius 2 is 1.77 bits per heavy atom. The van der Waals surface area contributed by atoms with Crippen LogP contribution in [-0.4, -0.2) is 79.9 Å². The Hall–Kier alpha value is -1.35. The summed E-state index contributed by atoms with van der Waals surface area (Å²) < 4.78 is 0. The van der Waals surface area contributed by atoms with Crippen LogP contribution in [0.5, 0.6) is 0 Å². The molecular formula is C23H38IN5O. The molecule has 1 heterocycles. The molecule has 1 aliphatic heterocycles. The van der Waals surface area contributed by atoms with E-state index in [9.17, 15) is 4.79 Å². The number of halogens is 1. The predicted octanol–water partition coefficient (Wildman–Crippen LogP) is 2.82. The maximum absolute atomic E-state index is 12.4. The zero-order chi connectivity index (χ0) is 20.6. The Morgan fingerprint density at radius 1 is 1.13 bits per heavy atom. The summed E-state index contributed by atoms with van der Waals surface area (Å²) in [6.07, 6.45) is 4.49. The molecule has 1 aromatic carbocycles. The number of piperazine rings is 1. The van der Waals surface area contributed by atoms with Crippen LogP contribution in [0.2, 0.25) is 0 Å². The van der Waals surface area contributed by atoms with Crippen LogP contribution in [-0.2, 0) is 17.8 Å². The van der Waals surface area contributed by atoms with Crippen LogP contribution in [0.4, 0.5) is 0 Å². The fourth-order valence-corrected chi connectivity index (χ4v) is 4.04. The topological polar surface area (TPSA) is 51.2 Å². The van der Waals surface area contributed by atoms with Gasteiger partial charge in [-0.3, -0.25) is 14.7 Å². The SMILES string of the molecule is CCc1ccc(CN(C)C(=NC)NCCN2CCN(C(=O)C3CCC3)CC2)cc1.I. The van der Waals surface area contributed by atoms with Crippen LogP contribution in [0.3, 0.4) is 0 Å². The first-order valence-corrected chi connectivity index (χ1v) is 11.1. The Morgan fingerprint density at radius 3 is 2.30 bits per heavy atom. The molecule has 0 atom stereocenters. The number of rotatable bonds is 7. The third kappa shape index (κ3) is 6.83. The number of nitrogens with one attached hydrogen (secondary N) is 1. The van der Waals surface area contributed by atoms with Gasteiger partial charge < -0.3 is 15.1 Å². The highest BCUT2D eigenvalue weighted by molar-refractivity contribution is 14.0. The Balaban J connectivity index is 0.00000320. The molecule has 1 aliphatic carbocycles. The second-order valence-electron chi connectivity index (χ2n) is 8.29. The van der Waals surface area contributed by atoms with Crippen molar-refractivity contribution in [1.82, 2.24) is 20.0 Å². The quantitative estimate of drug-likeness (QED) is 0.337. The maximum Gasteiger partial charge on any atom is 0.225 e. The number of guanidine groups is 1. The highest BCUT2D eigenvalue weighted by Gasteiger charge is 2.31. The molecule has 168 valence electrons. The smallest absolute Gasteiger partial charge is 0.225 e. The van der Waals surface area contributed by atoms with Gasteiger partial charge in [-0.1, -0.05) is 37.6 Å². The first-order valence-electron chi connectivity index (χ1n) is 11.1. The molecule has 2 aliphatic rings. The van der Waals surface area contributed by atoms with E-state index in [4.69, 9.17) is 0 Å². The number of aryl methyl sites for hydroxylation is 1. The molecule has 0 bridgehead atoms. The van der Waals surface area contributed by atoms with Crippen LogP contribution < -0.4 is 5.32 Å². The van der Waals surface area contributed by atoms with Gasteiger partial charge in [-0.2, -0.15) is 0 Å². The Bertz CT molecular complexity index is 681. The first kappa shape index (κ1) is 24.9. The van der Waals surface area contributed by atoms with E-state index < -0.39 is 0 Å². The van der Waals surface area contributed by atoms with E-state index in [1.54, 1.807) is 0 Å². The molecule has 6 nitrogen and oxygen atoms in total. The van der Waals surface area contributed by atoms with Crippen molar-refractivity contribution in [3.63, 3.8) is 0 Å². The second-order valence-corrected chi connectivity index (χ2v) is 8.29. The highest BCUT2D eigenvalue weighted by atomic mass is 127. The summed E-state index contributed by atoms with van der Waals surface area (Å²) in [6, 6.07) is 8.81. The van der Waals surface area contributed by atoms with Crippen molar-refractivity contribution in [2.75, 3.05) is 53.4 Å². The molecule has 1 aromatic rings. The van der Waals surface area contributed by atoms with Gasteiger partial charge in [0.2, 0.25) is 5.91 Å². The molecule has 1 N–H and O–H groups in total. The van der Waals surface area contributed by atoms with Gasteiger partial charge in [-0.25, -0.2) is 0 Å². The predicted molar refractivity (Wildman–Crippen MR) is 134 cm³/mol. The second kappa shape index (κ2) is 12.5. The van der Waals surface area contributed by atoms with Crippen LogP contribution in [0.25, 0.3) is 0 Å². The lowest BCUT2D eigenvalue weighted by Gasteiger charge is -2.38. The van der Waals surface area contributed by atoms with Crippen molar-refractivity contribution in [1.29, 1.82) is 0 Å². The third-order valence-corrected chi connectivity index (χ3v) is 6.27. The fourth-order valence-electron chi connectivity index (χ4n) is 4.04. The molecule has 3 rings (SSSR count). The summed E-state index contributed by atoms with van der Waals surface area (Å²) in [6.45, 7) is 8.54. The van der Waals surface area contributed by atoms with Gasteiger partial charge in [0.1, 0.15) is 0 Å². The molecule has 7 heteroatoms. The molecule has 1 saturated carbocycles. The van der Waals surface area contributed by atoms with Gasteiger partial charge in [-0.05, 0) is 30.4 Å². The largest absolute Gasteiger partial charge is 0.355 e. The van der Waals surface area contributed by atoms with Crippen LogP contribution in [0, 0.1) is 5.92 Å². The Kier molecular flexibility index (Phi) is 10.4. The van der Waals surface area contributed by atoms with E-state index >= 15 is 0 Å². The van der Waals surface area contributed by atoms with E-state index in [1.807, 2.05) is 7.05 Å². The number of benzene rings is 1. The zero-order valence-electron chi connectivity index (χ0n) is 18.8. The fraction of sp³-hybridized carbons (Fsp3) is 0.652. The van der Waals surface area contributed by atoms with Crippen molar-refractivity contribution in [3.05, 3.63) is 35.4 Å². The van der Waals surface area contributed by atoms with Crippen molar-refractivity contribution in [3.8, 4) is 0 Å². The number of hydrogen-bond acceptors (Lipinski definition) is 3. The van der Waals surface area contributed by atoms with Crippen LogP contribution >= 0.6 is 24.0 Å². The molecule has 1 amide bonds. The van der Waals surface area contributed by atoms with Gasteiger partial charge in [0.25, 0.3) is 0 Å². The lowest BCUT2D eigenvalue weighted by atomic mass is 9.84. The summed E-state index contributed by atoms with van der Waals surface area (Å²) >= 11 is 0. The molecule has 1 saturated heterocycles. The van der Waals surface area contributed by atoms with Gasteiger partial charge in [0.05, 0.1) is 0 Å². The summed E-state index contributed by atoms with van der Waals surface area (Å²) in [5.41, 5.74) is 2.66. The molecule has 0 unspecified atom stereocenters. The number of amides is 1. The van der Waals surface area contributed by atoms with E-state index in [2.05, 4.69) is 63.2 Å². The van der Waals surface area contributed by atoms with Crippen molar-refractivity contribution < 1.29 is 4.79 Å². The number of nitrogens with zero attached hydrogens (tertiary/aromatic N) is 4. The average Bonchev–Trinajstić information content (AvgIpc) is 2.71. The van der Waals surface area contributed by atoms with E-state index in [0.29, 0.717) is 11.8 Å². The number of hydrogen-bond donors (Lipinski definition) is 1. The number of carbonyl (C=O) groups excluding carboxylic acids is 1. The van der Waals surface area contributed by atoms with Gasteiger partial charge in [0.15, 0.2) is 5.96 Å². The summed E-state index contributed by atoms with van der Waals surface area (Å²) in [7, 11) is 3.91. The summed E-state index contributed by atoms with van der Waals surface area (Å²) in [5, 5.41) is 3.48. The maximum atomic E-state index is 12.4. The number of carbonyl (C=O) groups is 1. The minimum absolute atomic E-state index is 0. The van der Waals surface area contributed by atoms with Crippen molar-refractivity contribution in [2.45, 2.75) is 39.2 Å². The molecule has 0 radical (unpaired) electrons. The lowest BCUT2D eigenvalue weighted by molar-refractivity contribution is -0.139. The van der Waals surface area contributed by atoms with Crippen molar-refractivity contribution >= 4 is 35.8 Å². The molecule has 30 heavy (non-hydrogen) atoms. The summed E-state index contributed by atoms with van der Waals surface area (Å²) in [4.78, 5) is 23.5. The molecule has 2 fully saturated rings. The molecule has 0 aromatic heterocycles. The van der Waals surface area contributed by atoms with Gasteiger partial charge >= 0.3 is 0 Å². The monoisotopic (exact) mass is 527 g/mol. The first-order chi connectivity index (χ1) is 14.1. The minimum atomic E-state index is 0. The lowest BCUT2D eigenvalue weighted by Crippen LogP contribution is -2.52. The van der Waals surface area contributed by atoms with Gasteiger partial charge in [-0.15, -0.1) is 24.0 Å².